The van der Waals surface area contributed by atoms with Gasteiger partial charge in [-0.25, -0.2) is 9.97 Å². The molecule has 0 amide bonds. The quantitative estimate of drug-likeness (QED) is 0.762. The summed E-state index contributed by atoms with van der Waals surface area (Å²) in [6.07, 6.45) is 6.93. The minimum Gasteiger partial charge on any atom is -0.478 e. The summed E-state index contributed by atoms with van der Waals surface area (Å²) in [5.74, 6) is 1.22. The van der Waals surface area contributed by atoms with Gasteiger partial charge in [-0.3, -0.25) is 0 Å². The third-order valence-corrected chi connectivity index (χ3v) is 3.49. The molecule has 112 valence electrons. The lowest BCUT2D eigenvalue weighted by Gasteiger charge is -2.28. The molecular weight excluding hydrogens is 256 g/mol. The third kappa shape index (κ3) is 4.61. The predicted octanol–water partition coefficient (Wildman–Crippen LogP) is 1.40. The van der Waals surface area contributed by atoms with Crippen LogP contribution in [0.5, 0.6) is 5.88 Å². The minimum absolute atomic E-state index is 0.428. The van der Waals surface area contributed by atoms with Gasteiger partial charge in [0, 0.05) is 38.6 Å². The van der Waals surface area contributed by atoms with Crippen molar-refractivity contribution < 1.29 is 9.47 Å². The maximum absolute atomic E-state index is 5.89. The van der Waals surface area contributed by atoms with Crippen LogP contribution >= 0.6 is 0 Å². The Balaban J connectivity index is 1.59. The number of rotatable bonds is 7. The lowest BCUT2D eigenvalue weighted by Crippen LogP contribution is -2.34. The lowest BCUT2D eigenvalue weighted by molar-refractivity contribution is 0.0125. The average molecular weight is 280 g/mol. The molecule has 1 fully saturated rings. The van der Waals surface area contributed by atoms with Gasteiger partial charge in [-0.2, -0.15) is 0 Å². The highest BCUT2D eigenvalue weighted by Crippen LogP contribution is 2.16. The van der Waals surface area contributed by atoms with E-state index in [1.165, 1.54) is 0 Å². The summed E-state index contributed by atoms with van der Waals surface area (Å²) in [7, 11) is 3.76. The van der Waals surface area contributed by atoms with Crippen molar-refractivity contribution in [1.82, 2.24) is 14.9 Å². The Labute approximate surface area is 120 Å². The van der Waals surface area contributed by atoms with Crippen molar-refractivity contribution in [2.75, 3.05) is 45.7 Å². The van der Waals surface area contributed by atoms with E-state index < -0.39 is 0 Å². The molecule has 1 aromatic rings. The van der Waals surface area contributed by atoms with Gasteiger partial charge in [0.2, 0.25) is 0 Å². The van der Waals surface area contributed by atoms with Crippen LogP contribution in [-0.4, -0.2) is 61.4 Å². The van der Waals surface area contributed by atoms with Gasteiger partial charge in [0.15, 0.2) is 5.82 Å². The number of methoxy groups -OCH3 is 1. The monoisotopic (exact) mass is 280 g/mol. The summed E-state index contributed by atoms with van der Waals surface area (Å²) in [6.45, 7) is 3.87. The maximum atomic E-state index is 5.89. The van der Waals surface area contributed by atoms with E-state index in [0.29, 0.717) is 17.8 Å². The van der Waals surface area contributed by atoms with Crippen LogP contribution in [0.4, 0.5) is 5.82 Å². The van der Waals surface area contributed by atoms with Gasteiger partial charge >= 0.3 is 0 Å². The van der Waals surface area contributed by atoms with E-state index in [9.17, 15) is 0 Å². The largest absolute Gasteiger partial charge is 0.478 e. The summed E-state index contributed by atoms with van der Waals surface area (Å²) in [6, 6.07) is 0. The zero-order valence-electron chi connectivity index (χ0n) is 12.3. The van der Waals surface area contributed by atoms with Crippen molar-refractivity contribution in [3.63, 3.8) is 0 Å². The number of ether oxygens (including phenoxy) is 2. The standard InChI is InChI=1S/C14H24N4O2/c1-18-9-4-12(5-10-18)20-11-3-6-15-13-14(19-2)17-8-7-16-13/h7-8,12H,3-6,9-11H2,1-2H3,(H,15,16). The van der Waals surface area contributed by atoms with Crippen molar-refractivity contribution in [2.24, 2.45) is 0 Å². The highest BCUT2D eigenvalue weighted by Gasteiger charge is 2.16. The highest BCUT2D eigenvalue weighted by atomic mass is 16.5. The van der Waals surface area contributed by atoms with Crippen molar-refractivity contribution in [3.8, 4) is 5.88 Å². The van der Waals surface area contributed by atoms with Crippen molar-refractivity contribution in [2.45, 2.75) is 25.4 Å². The molecular formula is C14H24N4O2. The number of likely N-dealkylation sites (tertiary alicyclic amines) is 1. The molecule has 0 radical (unpaired) electrons. The zero-order valence-corrected chi connectivity index (χ0v) is 12.3. The van der Waals surface area contributed by atoms with E-state index in [-0.39, 0.29) is 0 Å². The van der Waals surface area contributed by atoms with E-state index in [4.69, 9.17) is 9.47 Å². The molecule has 0 aliphatic carbocycles. The number of anilines is 1. The fourth-order valence-electron chi connectivity index (χ4n) is 2.28. The second kappa shape index (κ2) is 8.01. The first kappa shape index (κ1) is 15.0. The van der Waals surface area contributed by atoms with Crippen LogP contribution in [0.25, 0.3) is 0 Å². The van der Waals surface area contributed by atoms with Crippen LogP contribution in [0, 0.1) is 0 Å². The van der Waals surface area contributed by atoms with Gasteiger partial charge in [0.1, 0.15) is 0 Å². The molecule has 2 heterocycles. The molecule has 0 atom stereocenters. The second-order valence-electron chi connectivity index (χ2n) is 5.07. The molecule has 1 saturated heterocycles. The predicted molar refractivity (Wildman–Crippen MR) is 78.2 cm³/mol. The number of hydrogen-bond acceptors (Lipinski definition) is 6. The van der Waals surface area contributed by atoms with E-state index >= 15 is 0 Å². The van der Waals surface area contributed by atoms with Gasteiger partial charge in [0.25, 0.3) is 5.88 Å². The molecule has 0 saturated carbocycles. The highest BCUT2D eigenvalue weighted by molar-refractivity contribution is 5.44. The van der Waals surface area contributed by atoms with Gasteiger partial charge in [-0.15, -0.1) is 0 Å². The number of piperidine rings is 1. The van der Waals surface area contributed by atoms with Crippen LogP contribution in [0.15, 0.2) is 12.4 Å². The van der Waals surface area contributed by atoms with Crippen molar-refractivity contribution >= 4 is 5.82 Å². The van der Waals surface area contributed by atoms with Gasteiger partial charge in [-0.05, 0) is 26.3 Å². The van der Waals surface area contributed by atoms with Crippen LogP contribution < -0.4 is 10.1 Å². The average Bonchev–Trinajstić information content (AvgIpc) is 2.49. The smallest absolute Gasteiger partial charge is 0.257 e. The minimum atomic E-state index is 0.428. The molecule has 0 unspecified atom stereocenters. The van der Waals surface area contributed by atoms with Crippen LogP contribution in [0.3, 0.4) is 0 Å². The fourth-order valence-corrected chi connectivity index (χ4v) is 2.28. The number of nitrogens with zero attached hydrogens (tertiary/aromatic N) is 3. The summed E-state index contributed by atoms with van der Waals surface area (Å²) >= 11 is 0. The Morgan fingerprint density at radius 3 is 2.80 bits per heavy atom. The lowest BCUT2D eigenvalue weighted by atomic mass is 10.1. The number of hydrogen-bond donors (Lipinski definition) is 1. The summed E-state index contributed by atoms with van der Waals surface area (Å²) < 4.78 is 11.0. The van der Waals surface area contributed by atoms with Gasteiger partial charge in [0.05, 0.1) is 13.2 Å². The Hall–Kier alpha value is -1.40. The van der Waals surface area contributed by atoms with Crippen LogP contribution in [-0.2, 0) is 4.74 Å². The SMILES string of the molecule is COc1nccnc1NCCCOC1CCN(C)CC1. The normalized spacial score (nSPS) is 17.1. The number of nitrogens with one attached hydrogen (secondary N) is 1. The third-order valence-electron chi connectivity index (χ3n) is 3.49. The summed E-state index contributed by atoms with van der Waals surface area (Å²) in [5, 5.41) is 3.22. The van der Waals surface area contributed by atoms with Gasteiger partial charge < -0.3 is 19.7 Å². The molecule has 1 aliphatic heterocycles. The first-order chi connectivity index (χ1) is 9.79. The first-order valence-corrected chi connectivity index (χ1v) is 7.18. The Kier molecular flexibility index (Phi) is 6.01. The fraction of sp³-hybridized carbons (Fsp3) is 0.714. The first-order valence-electron chi connectivity index (χ1n) is 7.18. The summed E-state index contributed by atoms with van der Waals surface area (Å²) in [5.41, 5.74) is 0. The molecule has 0 aromatic carbocycles. The number of aromatic nitrogens is 2. The molecule has 1 aromatic heterocycles. The molecule has 0 bridgehead atoms. The molecule has 2 rings (SSSR count). The molecule has 6 nitrogen and oxygen atoms in total. The molecule has 6 heteroatoms. The molecule has 1 N–H and O–H groups in total. The Morgan fingerprint density at radius 2 is 2.05 bits per heavy atom. The van der Waals surface area contributed by atoms with E-state index in [1.54, 1.807) is 19.5 Å². The van der Waals surface area contributed by atoms with E-state index in [0.717, 1.165) is 45.5 Å². The maximum Gasteiger partial charge on any atom is 0.257 e. The van der Waals surface area contributed by atoms with Crippen molar-refractivity contribution in [3.05, 3.63) is 12.4 Å². The Morgan fingerprint density at radius 1 is 1.30 bits per heavy atom. The molecule has 1 aliphatic rings. The van der Waals surface area contributed by atoms with Gasteiger partial charge in [-0.1, -0.05) is 0 Å². The van der Waals surface area contributed by atoms with E-state index in [2.05, 4.69) is 27.2 Å². The molecule has 0 spiro atoms. The molecule has 20 heavy (non-hydrogen) atoms. The Bertz CT molecular complexity index is 395. The van der Waals surface area contributed by atoms with Crippen molar-refractivity contribution in [1.29, 1.82) is 0 Å². The zero-order chi connectivity index (χ0) is 14.2. The summed E-state index contributed by atoms with van der Waals surface area (Å²) in [4.78, 5) is 10.6. The van der Waals surface area contributed by atoms with Crippen LogP contribution in [0.2, 0.25) is 0 Å². The van der Waals surface area contributed by atoms with Crippen LogP contribution in [0.1, 0.15) is 19.3 Å². The van der Waals surface area contributed by atoms with E-state index in [1.807, 2.05) is 0 Å². The topological polar surface area (TPSA) is 59.5 Å². The second-order valence-corrected chi connectivity index (χ2v) is 5.07.